The number of nitro groups is 1. The molecule has 3 aromatic rings. The molecule has 1 aromatic heterocycles. The molecule has 2 heterocycles. The van der Waals surface area contributed by atoms with Crippen molar-refractivity contribution in [1.29, 1.82) is 0 Å². The smallest absolute Gasteiger partial charge is 0.292 e. The predicted molar refractivity (Wildman–Crippen MR) is 121 cm³/mol. The van der Waals surface area contributed by atoms with Crippen LogP contribution < -0.4 is 5.32 Å². The molecule has 172 valence electrons. The number of hydrogen-bond acceptors (Lipinski definition) is 7. The molecule has 1 aliphatic rings. The highest BCUT2D eigenvalue weighted by atomic mass is 32.2. The predicted octanol–water partition coefficient (Wildman–Crippen LogP) is 4.29. The molecule has 0 spiro atoms. The van der Waals surface area contributed by atoms with Crippen molar-refractivity contribution in [2.45, 2.75) is 42.8 Å². The Kier molecular flexibility index (Phi) is 6.99. The third kappa shape index (κ3) is 5.37. The number of ether oxygens (including phenoxy) is 1. The Bertz CT molecular complexity index is 1150. The maximum Gasteiger partial charge on any atom is 0.292 e. The largest absolute Gasteiger partial charge is 0.376 e. The second-order valence-electron chi connectivity index (χ2n) is 7.58. The van der Waals surface area contributed by atoms with E-state index in [1.807, 2.05) is 4.57 Å². The molecule has 1 amide bonds. The van der Waals surface area contributed by atoms with Crippen molar-refractivity contribution in [1.82, 2.24) is 14.8 Å². The fraction of sp³-hybridized carbons (Fsp3) is 0.318. The monoisotopic (exact) mass is 471 g/mol. The van der Waals surface area contributed by atoms with Gasteiger partial charge in [-0.2, -0.15) is 0 Å². The summed E-state index contributed by atoms with van der Waals surface area (Å²) in [5.74, 6) is -0.192. The van der Waals surface area contributed by atoms with Crippen LogP contribution in [0.15, 0.2) is 53.7 Å². The van der Waals surface area contributed by atoms with Gasteiger partial charge in [0.1, 0.15) is 11.5 Å². The number of aromatic nitrogens is 3. The molecule has 11 heteroatoms. The summed E-state index contributed by atoms with van der Waals surface area (Å²) < 4.78 is 21.0. The number of rotatable bonds is 8. The van der Waals surface area contributed by atoms with Crippen molar-refractivity contribution in [3.8, 4) is 11.4 Å². The SMILES string of the molecule is CC(Sc1nnc(-c2ccc(F)cc2)n1CC1CCCO1)C(=O)Nc1ccccc1[N+](=O)[O-]. The van der Waals surface area contributed by atoms with E-state index in [9.17, 15) is 19.3 Å². The third-order valence-electron chi connectivity index (χ3n) is 5.24. The van der Waals surface area contributed by atoms with E-state index >= 15 is 0 Å². The number of para-hydroxylation sites is 2. The molecule has 33 heavy (non-hydrogen) atoms. The lowest BCUT2D eigenvalue weighted by molar-refractivity contribution is -0.383. The maximum absolute atomic E-state index is 13.4. The zero-order chi connectivity index (χ0) is 23.4. The molecular weight excluding hydrogens is 449 g/mol. The van der Waals surface area contributed by atoms with E-state index in [1.165, 1.54) is 42.1 Å². The van der Waals surface area contributed by atoms with Gasteiger partial charge in [0.25, 0.3) is 5.69 Å². The van der Waals surface area contributed by atoms with E-state index in [0.29, 0.717) is 29.7 Å². The number of nitrogens with zero attached hydrogens (tertiary/aromatic N) is 4. The summed E-state index contributed by atoms with van der Waals surface area (Å²) in [6.07, 6.45) is 1.87. The lowest BCUT2D eigenvalue weighted by Crippen LogP contribution is -2.24. The zero-order valence-corrected chi connectivity index (χ0v) is 18.6. The molecule has 0 aliphatic carbocycles. The van der Waals surface area contributed by atoms with Crippen molar-refractivity contribution in [3.63, 3.8) is 0 Å². The molecule has 2 atom stereocenters. The molecular formula is C22H22FN5O4S. The first-order chi connectivity index (χ1) is 15.9. The Morgan fingerprint density at radius 2 is 2.06 bits per heavy atom. The number of amides is 1. The van der Waals surface area contributed by atoms with Crippen LogP contribution in [0.4, 0.5) is 15.8 Å². The highest BCUT2D eigenvalue weighted by Crippen LogP contribution is 2.30. The van der Waals surface area contributed by atoms with Gasteiger partial charge in [0.05, 0.1) is 22.8 Å². The number of halogens is 1. The van der Waals surface area contributed by atoms with Gasteiger partial charge >= 0.3 is 0 Å². The number of nitro benzene ring substituents is 1. The summed E-state index contributed by atoms with van der Waals surface area (Å²) in [6, 6.07) is 12.0. The van der Waals surface area contributed by atoms with Crippen LogP contribution in [0.5, 0.6) is 0 Å². The van der Waals surface area contributed by atoms with Crippen molar-refractivity contribution in [2.24, 2.45) is 0 Å². The summed E-state index contributed by atoms with van der Waals surface area (Å²) in [5, 5.41) is 22.3. The first-order valence-electron chi connectivity index (χ1n) is 10.4. The number of thioether (sulfide) groups is 1. The minimum absolute atomic E-state index is 0.00403. The average Bonchev–Trinajstić information content (AvgIpc) is 3.45. The highest BCUT2D eigenvalue weighted by Gasteiger charge is 2.25. The Balaban J connectivity index is 1.56. The lowest BCUT2D eigenvalue weighted by atomic mass is 10.2. The number of anilines is 1. The van der Waals surface area contributed by atoms with E-state index in [0.717, 1.165) is 12.8 Å². The third-order valence-corrected chi connectivity index (χ3v) is 6.32. The topological polar surface area (TPSA) is 112 Å². The van der Waals surface area contributed by atoms with Gasteiger partial charge < -0.3 is 10.1 Å². The molecule has 0 bridgehead atoms. The second kappa shape index (κ2) is 10.1. The molecule has 1 aliphatic heterocycles. The molecule has 1 saturated heterocycles. The van der Waals surface area contributed by atoms with Crippen LogP contribution in [-0.2, 0) is 16.1 Å². The Morgan fingerprint density at radius 3 is 2.76 bits per heavy atom. The first kappa shape index (κ1) is 22.9. The summed E-state index contributed by atoms with van der Waals surface area (Å²) in [6.45, 7) is 2.88. The molecule has 2 aromatic carbocycles. The van der Waals surface area contributed by atoms with Gasteiger partial charge in [-0.05, 0) is 50.1 Å². The van der Waals surface area contributed by atoms with Crippen molar-refractivity contribution in [2.75, 3.05) is 11.9 Å². The molecule has 9 nitrogen and oxygen atoms in total. The van der Waals surface area contributed by atoms with Gasteiger partial charge in [-0.3, -0.25) is 19.5 Å². The van der Waals surface area contributed by atoms with Gasteiger partial charge in [0, 0.05) is 18.2 Å². The normalized spacial score (nSPS) is 16.5. The van der Waals surface area contributed by atoms with Gasteiger partial charge in [0.15, 0.2) is 11.0 Å². The summed E-state index contributed by atoms with van der Waals surface area (Å²) >= 11 is 1.19. The molecule has 2 unspecified atom stereocenters. The highest BCUT2D eigenvalue weighted by molar-refractivity contribution is 8.00. The van der Waals surface area contributed by atoms with Crippen LogP contribution in [-0.4, -0.2) is 43.6 Å². The van der Waals surface area contributed by atoms with E-state index in [-0.39, 0.29) is 23.3 Å². The maximum atomic E-state index is 13.4. The number of nitrogens with one attached hydrogen (secondary N) is 1. The van der Waals surface area contributed by atoms with Gasteiger partial charge in [-0.25, -0.2) is 4.39 Å². The van der Waals surface area contributed by atoms with Crippen molar-refractivity contribution >= 4 is 29.0 Å². The van der Waals surface area contributed by atoms with Crippen LogP contribution in [0.1, 0.15) is 19.8 Å². The minimum Gasteiger partial charge on any atom is -0.376 e. The van der Waals surface area contributed by atoms with Gasteiger partial charge in [-0.15, -0.1) is 10.2 Å². The lowest BCUT2D eigenvalue weighted by Gasteiger charge is -2.16. The molecule has 1 fully saturated rings. The standard InChI is InChI=1S/C22H22FN5O4S/c1-14(21(29)24-18-6-2-3-7-19(18)28(30)31)33-22-26-25-20(15-8-10-16(23)11-9-15)27(22)13-17-5-4-12-32-17/h2-3,6-11,14,17H,4-5,12-13H2,1H3,(H,24,29). The number of hydrogen-bond donors (Lipinski definition) is 1. The van der Waals surface area contributed by atoms with Crippen LogP contribution in [0.2, 0.25) is 0 Å². The fourth-order valence-electron chi connectivity index (χ4n) is 3.53. The molecule has 4 rings (SSSR count). The number of benzene rings is 2. The molecule has 0 saturated carbocycles. The number of carbonyl (C=O) groups excluding carboxylic acids is 1. The van der Waals surface area contributed by atoms with E-state index in [1.54, 1.807) is 25.1 Å². The van der Waals surface area contributed by atoms with Crippen LogP contribution in [0.25, 0.3) is 11.4 Å². The summed E-state index contributed by atoms with van der Waals surface area (Å²) in [4.78, 5) is 23.5. The Hall–Kier alpha value is -3.31. The Morgan fingerprint density at radius 1 is 1.30 bits per heavy atom. The first-order valence-corrected chi connectivity index (χ1v) is 11.3. The van der Waals surface area contributed by atoms with Crippen LogP contribution in [0.3, 0.4) is 0 Å². The van der Waals surface area contributed by atoms with Crippen molar-refractivity contribution in [3.05, 3.63) is 64.5 Å². The molecule has 0 radical (unpaired) electrons. The number of carbonyl (C=O) groups is 1. The summed E-state index contributed by atoms with van der Waals surface area (Å²) in [7, 11) is 0. The van der Waals surface area contributed by atoms with Gasteiger partial charge in [-0.1, -0.05) is 23.9 Å². The quantitative estimate of drug-likeness (QED) is 0.296. The van der Waals surface area contributed by atoms with Crippen LogP contribution in [0, 0.1) is 15.9 Å². The van der Waals surface area contributed by atoms with Gasteiger partial charge in [0.2, 0.25) is 5.91 Å². The van der Waals surface area contributed by atoms with E-state index in [4.69, 9.17) is 4.74 Å². The zero-order valence-electron chi connectivity index (χ0n) is 17.8. The summed E-state index contributed by atoms with van der Waals surface area (Å²) in [5.41, 5.74) is 0.654. The second-order valence-corrected chi connectivity index (χ2v) is 8.89. The van der Waals surface area contributed by atoms with Crippen molar-refractivity contribution < 1.29 is 18.8 Å². The van der Waals surface area contributed by atoms with E-state index in [2.05, 4.69) is 15.5 Å². The minimum atomic E-state index is -0.613. The fourth-order valence-corrected chi connectivity index (χ4v) is 4.39. The van der Waals surface area contributed by atoms with E-state index < -0.39 is 16.1 Å². The Labute approximate surface area is 193 Å². The average molecular weight is 472 g/mol. The molecule has 1 N–H and O–H groups in total. The van der Waals surface area contributed by atoms with Crippen LogP contribution >= 0.6 is 11.8 Å².